The number of nitrogens with zero attached hydrogens (tertiary/aromatic N) is 2. The van der Waals surface area contributed by atoms with Crippen LogP contribution in [0.25, 0.3) is 0 Å². The predicted octanol–water partition coefficient (Wildman–Crippen LogP) is 6.46. The summed E-state index contributed by atoms with van der Waals surface area (Å²) >= 11 is 11.5. The molecule has 0 aliphatic carbocycles. The molecule has 1 amide bonds. The lowest BCUT2D eigenvalue weighted by Gasteiger charge is -2.34. The Kier molecular flexibility index (Phi) is 11.0. The lowest BCUT2D eigenvalue weighted by atomic mass is 9.89. The van der Waals surface area contributed by atoms with E-state index in [-0.39, 0.29) is 5.92 Å². The Hall–Kier alpha value is -1.48. The number of carbonyl (C=O) groups is 1. The van der Waals surface area contributed by atoms with E-state index in [0.29, 0.717) is 22.5 Å². The average molecular weight is 569 g/mol. The summed E-state index contributed by atoms with van der Waals surface area (Å²) in [6.07, 6.45) is 4.28. The molecule has 0 aromatic heterocycles. The first kappa shape index (κ1) is 30.1. The number of hydrogen-bond donors (Lipinski definition) is 1. The number of rotatable bonds is 9. The molecule has 1 aliphatic rings. The van der Waals surface area contributed by atoms with E-state index in [1.54, 1.807) is 11.3 Å². The van der Waals surface area contributed by atoms with Gasteiger partial charge in [0.2, 0.25) is 0 Å². The van der Waals surface area contributed by atoms with Gasteiger partial charge >= 0.3 is 6.09 Å². The summed E-state index contributed by atoms with van der Waals surface area (Å²) in [6.45, 7) is 9.05. The second kappa shape index (κ2) is 13.5. The summed E-state index contributed by atoms with van der Waals surface area (Å²) in [5.74, 6) is 0.571. The first-order chi connectivity index (χ1) is 17.4. The minimum absolute atomic E-state index is 0.135. The highest BCUT2D eigenvalue weighted by Gasteiger charge is 2.26. The molecule has 0 spiro atoms. The summed E-state index contributed by atoms with van der Waals surface area (Å²) in [7, 11) is 1.84. The third kappa shape index (κ3) is 9.34. The van der Waals surface area contributed by atoms with Crippen molar-refractivity contribution in [1.29, 1.82) is 0 Å². The summed E-state index contributed by atoms with van der Waals surface area (Å²) in [5, 5.41) is 2.83. The largest absolute Gasteiger partial charge is 0.612 e. The van der Waals surface area contributed by atoms with Gasteiger partial charge in [0.15, 0.2) is 4.90 Å². The highest BCUT2D eigenvalue weighted by atomic mass is 35.5. The van der Waals surface area contributed by atoms with E-state index >= 15 is 0 Å². The van der Waals surface area contributed by atoms with Crippen LogP contribution in [0.5, 0.6) is 0 Å². The molecule has 2 atom stereocenters. The van der Waals surface area contributed by atoms with Gasteiger partial charge in [0.1, 0.15) is 11.9 Å². The number of halogens is 2. The number of hydrogen-bond acceptors (Lipinski definition) is 5. The zero-order chi connectivity index (χ0) is 27.2. The predicted molar refractivity (Wildman–Crippen MR) is 153 cm³/mol. The van der Waals surface area contributed by atoms with E-state index < -0.39 is 22.9 Å². The van der Waals surface area contributed by atoms with Crippen LogP contribution in [0.4, 0.5) is 4.79 Å². The monoisotopic (exact) mass is 567 g/mol. The van der Waals surface area contributed by atoms with Gasteiger partial charge in [0.25, 0.3) is 0 Å². The van der Waals surface area contributed by atoms with E-state index in [4.69, 9.17) is 27.9 Å². The second-order valence-corrected chi connectivity index (χ2v) is 12.9. The minimum Gasteiger partial charge on any atom is -0.612 e. The Balaban J connectivity index is 1.61. The third-order valence-corrected chi connectivity index (χ3v) is 8.37. The van der Waals surface area contributed by atoms with Crippen molar-refractivity contribution < 1.29 is 14.1 Å². The van der Waals surface area contributed by atoms with Crippen molar-refractivity contribution >= 4 is 40.5 Å². The maximum absolute atomic E-state index is 12.3. The molecule has 2 aromatic rings. The molecule has 1 saturated heterocycles. The molecule has 1 fully saturated rings. The molecular formula is C28H39Cl2N3O3S. The fourth-order valence-electron chi connectivity index (χ4n) is 4.85. The summed E-state index contributed by atoms with van der Waals surface area (Å²) in [5.41, 5.74) is 4.56. The van der Waals surface area contributed by atoms with Crippen molar-refractivity contribution in [2.75, 3.05) is 39.5 Å². The molecule has 0 saturated carbocycles. The molecular weight excluding hydrogens is 529 g/mol. The number of ether oxygens (including phenoxy) is 1. The standard InChI is InChI=1S/C28H39Cl2N3O3S/c1-28(2,3)36-27(34)31-32(4)19-22(21-10-11-24(29)25(30)18-21)14-17-33-15-12-20(13-16-33)23-8-6-7-9-26(23)37(5)35/h6-11,18,20,22H,12-17,19H2,1-5H3,(H,31,34)/t22-,37?/m1/s1. The zero-order valence-electron chi connectivity index (χ0n) is 22.4. The number of nitrogens with one attached hydrogen (secondary N) is 1. The molecule has 0 radical (unpaired) electrons. The van der Waals surface area contributed by atoms with Crippen LogP contribution in [0.1, 0.15) is 63.0 Å². The van der Waals surface area contributed by atoms with Crippen molar-refractivity contribution in [2.45, 2.75) is 62.4 Å². The topological polar surface area (TPSA) is 67.9 Å². The molecule has 1 unspecified atom stereocenters. The number of likely N-dealkylation sites (N-methyl/N-ethyl adjacent to an activating group) is 1. The smallest absolute Gasteiger partial charge is 0.422 e. The van der Waals surface area contributed by atoms with Crippen LogP contribution in [-0.4, -0.2) is 65.6 Å². The van der Waals surface area contributed by atoms with Crippen molar-refractivity contribution in [3.8, 4) is 0 Å². The second-order valence-electron chi connectivity index (χ2n) is 10.8. The van der Waals surface area contributed by atoms with Gasteiger partial charge in [-0.15, -0.1) is 0 Å². The number of benzene rings is 2. The first-order valence-electron chi connectivity index (χ1n) is 12.7. The van der Waals surface area contributed by atoms with Gasteiger partial charge in [-0.25, -0.2) is 9.80 Å². The Morgan fingerprint density at radius 3 is 2.49 bits per heavy atom. The molecule has 37 heavy (non-hydrogen) atoms. The van der Waals surface area contributed by atoms with Crippen molar-refractivity contribution in [3.63, 3.8) is 0 Å². The molecule has 1 N–H and O–H groups in total. The number of piperidine rings is 1. The van der Waals surface area contributed by atoms with Gasteiger partial charge in [0.05, 0.1) is 10.0 Å². The van der Waals surface area contributed by atoms with Crippen molar-refractivity contribution in [3.05, 3.63) is 63.6 Å². The van der Waals surface area contributed by atoms with Crippen LogP contribution in [0.3, 0.4) is 0 Å². The van der Waals surface area contributed by atoms with Gasteiger partial charge in [-0.1, -0.05) is 47.5 Å². The maximum Gasteiger partial charge on any atom is 0.422 e. The molecule has 6 nitrogen and oxygen atoms in total. The SMILES string of the molecule is CN(C[C@@H](CCN1CCC(c2ccccc2[S+](C)[O-])CC1)c1ccc(Cl)c(Cl)c1)NC(=O)OC(C)(C)C. The van der Waals surface area contributed by atoms with E-state index in [1.165, 1.54) is 5.56 Å². The lowest BCUT2D eigenvalue weighted by molar-refractivity contribution is 0.0358. The van der Waals surface area contributed by atoms with Gasteiger partial charge < -0.3 is 14.2 Å². The van der Waals surface area contributed by atoms with Crippen LogP contribution >= 0.6 is 23.2 Å². The van der Waals surface area contributed by atoms with Gasteiger partial charge in [-0.05, 0) is 106 Å². The van der Waals surface area contributed by atoms with Gasteiger partial charge in [-0.3, -0.25) is 5.43 Å². The Bertz CT molecular complexity index is 1040. The van der Waals surface area contributed by atoms with Crippen LogP contribution in [0.15, 0.2) is 47.4 Å². The average Bonchev–Trinajstić information content (AvgIpc) is 2.82. The molecule has 0 bridgehead atoms. The molecule has 1 heterocycles. The molecule has 3 rings (SSSR count). The minimum atomic E-state index is -0.979. The number of likely N-dealkylation sites (tertiary alicyclic amines) is 1. The lowest BCUT2D eigenvalue weighted by Crippen LogP contribution is -2.44. The molecule has 9 heteroatoms. The van der Waals surface area contributed by atoms with Gasteiger partial charge in [-0.2, -0.15) is 0 Å². The molecule has 204 valence electrons. The highest BCUT2D eigenvalue weighted by molar-refractivity contribution is 7.90. The maximum atomic E-state index is 12.3. The molecule has 1 aliphatic heterocycles. The van der Waals surface area contributed by atoms with Crippen LogP contribution in [0.2, 0.25) is 10.0 Å². The normalized spacial score (nSPS) is 17.0. The fourth-order valence-corrected chi connectivity index (χ4v) is 5.99. The highest BCUT2D eigenvalue weighted by Crippen LogP contribution is 2.33. The number of carbonyl (C=O) groups excluding carboxylic acids is 1. The first-order valence-corrected chi connectivity index (χ1v) is 15.0. The van der Waals surface area contributed by atoms with Crippen LogP contribution in [0, 0.1) is 0 Å². The van der Waals surface area contributed by atoms with Crippen LogP contribution in [-0.2, 0) is 15.9 Å². The number of hydrazine groups is 1. The van der Waals surface area contributed by atoms with Gasteiger partial charge in [0, 0.05) is 19.2 Å². The fraction of sp³-hybridized carbons (Fsp3) is 0.536. The van der Waals surface area contributed by atoms with E-state index in [9.17, 15) is 9.35 Å². The quantitative estimate of drug-likeness (QED) is 0.278. The Labute approximate surface area is 234 Å². The summed E-state index contributed by atoms with van der Waals surface area (Å²) < 4.78 is 17.6. The van der Waals surface area contributed by atoms with Crippen molar-refractivity contribution in [2.24, 2.45) is 0 Å². The van der Waals surface area contributed by atoms with E-state index in [0.717, 1.165) is 49.4 Å². The van der Waals surface area contributed by atoms with Crippen LogP contribution < -0.4 is 5.43 Å². The van der Waals surface area contributed by atoms with E-state index in [2.05, 4.69) is 16.4 Å². The van der Waals surface area contributed by atoms with E-state index in [1.807, 2.05) is 64.2 Å². The third-order valence-electron chi connectivity index (χ3n) is 6.64. The summed E-state index contributed by atoms with van der Waals surface area (Å²) in [6, 6.07) is 13.9. The number of amides is 1. The van der Waals surface area contributed by atoms with Crippen molar-refractivity contribution in [1.82, 2.24) is 15.3 Å². The molecule has 2 aromatic carbocycles. The summed E-state index contributed by atoms with van der Waals surface area (Å²) in [4.78, 5) is 15.7. The zero-order valence-corrected chi connectivity index (χ0v) is 24.8. The Morgan fingerprint density at radius 2 is 1.86 bits per heavy atom. The Morgan fingerprint density at radius 1 is 1.19 bits per heavy atom.